The Balaban J connectivity index is 2.07. The summed E-state index contributed by atoms with van der Waals surface area (Å²) in [6.07, 6.45) is 5.03. The molecule has 1 amide bonds. The maximum atomic E-state index is 12.5. The van der Waals surface area contributed by atoms with Crippen molar-refractivity contribution in [1.82, 2.24) is 4.90 Å². The number of hydrogen-bond donors (Lipinski definition) is 0. The second kappa shape index (κ2) is 6.60. The van der Waals surface area contributed by atoms with E-state index in [1.54, 1.807) is 7.11 Å². The molecule has 0 radical (unpaired) electrons. The van der Waals surface area contributed by atoms with Gasteiger partial charge in [0, 0.05) is 18.2 Å². The highest BCUT2D eigenvalue weighted by Gasteiger charge is 2.25. The first-order chi connectivity index (χ1) is 9.26. The highest BCUT2D eigenvalue weighted by atomic mass is 16.5. The lowest BCUT2D eigenvalue weighted by molar-refractivity contribution is -0.134. The van der Waals surface area contributed by atoms with Crippen molar-refractivity contribution >= 4 is 5.91 Å². The summed E-state index contributed by atoms with van der Waals surface area (Å²) in [5, 5.41) is 0. The molecule has 0 saturated carbocycles. The van der Waals surface area contributed by atoms with Crippen LogP contribution in [-0.4, -0.2) is 30.5 Å². The summed E-state index contributed by atoms with van der Waals surface area (Å²) in [5.74, 6) is 1.04. The molecule has 2 rings (SSSR count). The van der Waals surface area contributed by atoms with Gasteiger partial charge in [-0.3, -0.25) is 4.79 Å². The van der Waals surface area contributed by atoms with Gasteiger partial charge < -0.3 is 9.64 Å². The van der Waals surface area contributed by atoms with Gasteiger partial charge in [0.25, 0.3) is 0 Å². The molecular formula is C16H23NO2. The fourth-order valence-electron chi connectivity index (χ4n) is 2.87. The lowest BCUT2D eigenvalue weighted by Gasteiger charge is -2.35. The summed E-state index contributed by atoms with van der Waals surface area (Å²) in [4.78, 5) is 14.5. The molecule has 1 atom stereocenters. The zero-order chi connectivity index (χ0) is 13.7. The van der Waals surface area contributed by atoms with Crippen LogP contribution in [0.25, 0.3) is 0 Å². The number of para-hydroxylation sites is 1. The van der Waals surface area contributed by atoms with Gasteiger partial charge in [-0.2, -0.15) is 0 Å². The number of ether oxygens (including phenoxy) is 1. The SMILES string of the molecule is CCC1CCCCN1C(=O)Cc1ccccc1OC. The molecule has 0 aliphatic carbocycles. The van der Waals surface area contributed by atoms with Gasteiger partial charge in [0.2, 0.25) is 5.91 Å². The van der Waals surface area contributed by atoms with E-state index in [4.69, 9.17) is 4.74 Å². The molecule has 1 aliphatic rings. The molecule has 0 aromatic heterocycles. The predicted molar refractivity (Wildman–Crippen MR) is 76.3 cm³/mol. The van der Waals surface area contributed by atoms with Crippen molar-refractivity contribution in [2.45, 2.75) is 45.1 Å². The fraction of sp³-hybridized carbons (Fsp3) is 0.562. The first-order valence-corrected chi connectivity index (χ1v) is 7.17. The number of rotatable bonds is 4. The predicted octanol–water partition coefficient (Wildman–Crippen LogP) is 3.03. The third-order valence-electron chi connectivity index (χ3n) is 3.95. The number of likely N-dealkylation sites (tertiary alicyclic amines) is 1. The number of hydrogen-bond acceptors (Lipinski definition) is 2. The molecule has 1 heterocycles. The molecule has 0 N–H and O–H groups in total. The quantitative estimate of drug-likeness (QED) is 0.833. The van der Waals surface area contributed by atoms with E-state index in [2.05, 4.69) is 11.8 Å². The molecule has 1 aliphatic heterocycles. The van der Waals surface area contributed by atoms with E-state index in [1.807, 2.05) is 24.3 Å². The Bertz CT molecular complexity index is 431. The van der Waals surface area contributed by atoms with Gasteiger partial charge in [-0.15, -0.1) is 0 Å². The van der Waals surface area contributed by atoms with Crippen molar-refractivity contribution in [3.63, 3.8) is 0 Å². The van der Waals surface area contributed by atoms with Crippen LogP contribution in [0.4, 0.5) is 0 Å². The van der Waals surface area contributed by atoms with Gasteiger partial charge >= 0.3 is 0 Å². The average Bonchev–Trinajstić information content (AvgIpc) is 2.47. The molecule has 1 aromatic rings. The monoisotopic (exact) mass is 261 g/mol. The van der Waals surface area contributed by atoms with Gasteiger partial charge in [0.1, 0.15) is 5.75 Å². The number of methoxy groups -OCH3 is 1. The van der Waals surface area contributed by atoms with Gasteiger partial charge in [0.15, 0.2) is 0 Å². The highest BCUT2D eigenvalue weighted by molar-refractivity contribution is 5.80. The summed E-state index contributed by atoms with van der Waals surface area (Å²) in [6, 6.07) is 8.20. The lowest BCUT2D eigenvalue weighted by Crippen LogP contribution is -2.44. The number of carbonyl (C=O) groups excluding carboxylic acids is 1. The zero-order valence-corrected chi connectivity index (χ0v) is 11.9. The molecule has 1 saturated heterocycles. The Kier molecular flexibility index (Phi) is 4.83. The van der Waals surface area contributed by atoms with Crippen LogP contribution < -0.4 is 4.74 Å². The fourth-order valence-corrected chi connectivity index (χ4v) is 2.87. The third-order valence-corrected chi connectivity index (χ3v) is 3.95. The third kappa shape index (κ3) is 3.28. The van der Waals surface area contributed by atoms with E-state index in [0.717, 1.165) is 37.1 Å². The van der Waals surface area contributed by atoms with E-state index < -0.39 is 0 Å². The summed E-state index contributed by atoms with van der Waals surface area (Å²) in [6.45, 7) is 3.08. The summed E-state index contributed by atoms with van der Waals surface area (Å²) in [7, 11) is 1.65. The van der Waals surface area contributed by atoms with Crippen molar-refractivity contribution in [3.8, 4) is 5.75 Å². The molecule has 0 spiro atoms. The van der Waals surface area contributed by atoms with Gasteiger partial charge in [-0.05, 0) is 31.7 Å². The minimum Gasteiger partial charge on any atom is -0.496 e. The molecule has 19 heavy (non-hydrogen) atoms. The minimum absolute atomic E-state index is 0.232. The molecule has 0 bridgehead atoms. The Hall–Kier alpha value is -1.51. The maximum absolute atomic E-state index is 12.5. The standard InChI is InChI=1S/C16H23NO2/c1-3-14-9-6-7-11-17(14)16(18)12-13-8-4-5-10-15(13)19-2/h4-5,8,10,14H,3,6-7,9,11-12H2,1-2H3. The van der Waals surface area contributed by atoms with Crippen LogP contribution in [0.3, 0.4) is 0 Å². The molecule has 3 nitrogen and oxygen atoms in total. The Morgan fingerprint density at radius 3 is 2.89 bits per heavy atom. The minimum atomic E-state index is 0.232. The van der Waals surface area contributed by atoms with Crippen molar-refractivity contribution in [3.05, 3.63) is 29.8 Å². The molecule has 104 valence electrons. The largest absolute Gasteiger partial charge is 0.496 e. The number of nitrogens with zero attached hydrogens (tertiary/aromatic N) is 1. The molecule has 3 heteroatoms. The number of benzene rings is 1. The average molecular weight is 261 g/mol. The van der Waals surface area contributed by atoms with E-state index >= 15 is 0 Å². The smallest absolute Gasteiger partial charge is 0.227 e. The van der Waals surface area contributed by atoms with Crippen LogP contribution in [0.15, 0.2) is 24.3 Å². The Morgan fingerprint density at radius 2 is 2.16 bits per heavy atom. The first-order valence-electron chi connectivity index (χ1n) is 7.17. The van der Waals surface area contributed by atoms with E-state index in [1.165, 1.54) is 6.42 Å². The summed E-state index contributed by atoms with van der Waals surface area (Å²) < 4.78 is 5.32. The topological polar surface area (TPSA) is 29.5 Å². The number of piperidine rings is 1. The molecular weight excluding hydrogens is 238 g/mol. The van der Waals surface area contributed by atoms with Crippen molar-refractivity contribution in [2.24, 2.45) is 0 Å². The highest BCUT2D eigenvalue weighted by Crippen LogP contribution is 2.23. The molecule has 1 aromatic carbocycles. The van der Waals surface area contributed by atoms with Crippen molar-refractivity contribution in [1.29, 1.82) is 0 Å². The maximum Gasteiger partial charge on any atom is 0.227 e. The normalized spacial score (nSPS) is 19.3. The van der Waals surface area contributed by atoms with Crippen LogP contribution in [0.2, 0.25) is 0 Å². The summed E-state index contributed by atoms with van der Waals surface area (Å²) in [5.41, 5.74) is 0.982. The Morgan fingerprint density at radius 1 is 1.37 bits per heavy atom. The second-order valence-corrected chi connectivity index (χ2v) is 5.13. The van der Waals surface area contributed by atoms with Crippen LogP contribution in [0.5, 0.6) is 5.75 Å². The van der Waals surface area contributed by atoms with Crippen molar-refractivity contribution < 1.29 is 9.53 Å². The van der Waals surface area contributed by atoms with Gasteiger partial charge in [-0.1, -0.05) is 25.1 Å². The van der Waals surface area contributed by atoms with Crippen LogP contribution in [-0.2, 0) is 11.2 Å². The Labute approximate surface area is 115 Å². The molecule has 1 fully saturated rings. The van der Waals surface area contributed by atoms with Gasteiger partial charge in [-0.25, -0.2) is 0 Å². The summed E-state index contributed by atoms with van der Waals surface area (Å²) >= 11 is 0. The van der Waals surface area contributed by atoms with Crippen LogP contribution in [0, 0.1) is 0 Å². The van der Waals surface area contributed by atoms with Crippen molar-refractivity contribution in [2.75, 3.05) is 13.7 Å². The van der Waals surface area contributed by atoms with E-state index in [0.29, 0.717) is 12.5 Å². The van der Waals surface area contributed by atoms with E-state index in [-0.39, 0.29) is 5.91 Å². The molecule has 1 unspecified atom stereocenters. The number of amides is 1. The van der Waals surface area contributed by atoms with Crippen LogP contribution >= 0.6 is 0 Å². The zero-order valence-electron chi connectivity index (χ0n) is 11.9. The van der Waals surface area contributed by atoms with E-state index in [9.17, 15) is 4.79 Å². The first kappa shape index (κ1) is 13.9. The van der Waals surface area contributed by atoms with Gasteiger partial charge in [0.05, 0.1) is 13.5 Å². The number of carbonyl (C=O) groups is 1. The van der Waals surface area contributed by atoms with Crippen LogP contribution in [0.1, 0.15) is 38.2 Å². The lowest BCUT2D eigenvalue weighted by atomic mass is 9.99. The second-order valence-electron chi connectivity index (χ2n) is 5.13.